The molecule has 2 aliphatic rings. The van der Waals surface area contributed by atoms with Crippen LogP contribution in [0.5, 0.6) is 0 Å². The first-order valence-electron chi connectivity index (χ1n) is 5.23. The molecule has 6 heteroatoms. The van der Waals surface area contributed by atoms with Crippen LogP contribution in [0.4, 0.5) is 0 Å². The van der Waals surface area contributed by atoms with Crippen molar-refractivity contribution in [2.45, 2.75) is 20.8 Å². The molecule has 0 saturated heterocycles. The van der Waals surface area contributed by atoms with Gasteiger partial charge >= 0.3 is 5.97 Å². The molecule has 0 amide bonds. The summed E-state index contributed by atoms with van der Waals surface area (Å²) in [4.78, 5) is 16.7. The average Bonchev–Trinajstić information content (AvgIpc) is 2.54. The Morgan fingerprint density at radius 1 is 1.53 bits per heavy atom. The van der Waals surface area contributed by atoms with Crippen LogP contribution < -0.4 is 0 Å². The van der Waals surface area contributed by atoms with Crippen molar-refractivity contribution in [3.8, 4) is 0 Å². The first kappa shape index (κ1) is 12.0. The van der Waals surface area contributed by atoms with Gasteiger partial charge in [0.2, 0.25) is 5.17 Å². The van der Waals surface area contributed by atoms with Crippen LogP contribution in [0.2, 0.25) is 0 Å². The van der Waals surface area contributed by atoms with Crippen LogP contribution in [0, 0.1) is 5.41 Å². The summed E-state index contributed by atoms with van der Waals surface area (Å²) in [5.74, 6) is -1.15. The Kier molecular flexibility index (Phi) is 2.69. The summed E-state index contributed by atoms with van der Waals surface area (Å²) >= 11 is 0. The van der Waals surface area contributed by atoms with Crippen molar-refractivity contribution in [1.29, 1.82) is 0 Å². The number of hydrogen-bond acceptors (Lipinski definition) is 4. The number of carboxylic acid groups (broad SMARTS) is 1. The minimum Gasteiger partial charge on any atom is -0.477 e. The van der Waals surface area contributed by atoms with E-state index in [1.54, 1.807) is 4.90 Å². The van der Waals surface area contributed by atoms with E-state index < -0.39 is 16.8 Å². The van der Waals surface area contributed by atoms with Gasteiger partial charge < -0.3 is 10.0 Å². The summed E-state index contributed by atoms with van der Waals surface area (Å²) in [6, 6.07) is 0. The zero-order valence-electron chi connectivity index (χ0n) is 9.93. The molecule has 0 radical (unpaired) electrons. The normalized spacial score (nSPS) is 23.8. The lowest BCUT2D eigenvalue weighted by Crippen LogP contribution is -2.29. The maximum absolute atomic E-state index is 11.9. The number of aliphatic imine (C=N–C) groups is 1. The van der Waals surface area contributed by atoms with Gasteiger partial charge in [-0.2, -0.15) is 0 Å². The number of aliphatic carboxylic acids is 1. The number of rotatable bonds is 1. The fourth-order valence-electron chi connectivity index (χ4n) is 1.63. The van der Waals surface area contributed by atoms with Crippen LogP contribution in [0.1, 0.15) is 20.8 Å². The first-order valence-corrected chi connectivity index (χ1v) is 6.38. The third kappa shape index (κ3) is 2.04. The number of fused-ring (bicyclic) bond motifs is 1. The smallest absolute Gasteiger partial charge is 0.346 e. The van der Waals surface area contributed by atoms with E-state index in [1.807, 2.05) is 26.8 Å². The summed E-state index contributed by atoms with van der Waals surface area (Å²) in [5.41, 5.74) is 0.715. The highest BCUT2D eigenvalue weighted by atomic mass is 32.2. The number of carboxylic acids is 1. The molecule has 5 nitrogen and oxygen atoms in total. The lowest BCUT2D eigenvalue weighted by atomic mass is 9.91. The van der Waals surface area contributed by atoms with E-state index in [0.717, 1.165) is 5.70 Å². The molecule has 2 heterocycles. The Balaban J connectivity index is 2.35. The van der Waals surface area contributed by atoms with Crippen molar-refractivity contribution in [2.75, 3.05) is 6.54 Å². The van der Waals surface area contributed by atoms with E-state index in [4.69, 9.17) is 5.11 Å². The Hall–Kier alpha value is -1.43. The average molecular weight is 254 g/mol. The monoisotopic (exact) mass is 254 g/mol. The molecule has 0 aromatic heterocycles. The van der Waals surface area contributed by atoms with Gasteiger partial charge in [-0.05, 0) is 6.08 Å². The summed E-state index contributed by atoms with van der Waals surface area (Å²) in [7, 11) is -1.67. The Bertz CT molecular complexity index is 497. The van der Waals surface area contributed by atoms with Crippen LogP contribution in [-0.4, -0.2) is 31.9 Å². The van der Waals surface area contributed by atoms with Gasteiger partial charge in [0.15, 0.2) is 0 Å². The lowest BCUT2D eigenvalue weighted by molar-refractivity contribution is -0.131. The third-order valence-corrected chi connectivity index (χ3v) is 3.90. The molecule has 2 rings (SSSR count). The number of nitrogens with zero attached hydrogens (tertiary/aromatic N) is 2. The number of amidine groups is 1. The standard InChI is InChI=1S/C11H14N2O3S/c1-11(2,3)8-4-5-13-6-7(9(14)15)17(16)10(13)12-8/h4,6H,5H2,1-3H3,(H,14,15). The molecule has 0 aromatic carbocycles. The van der Waals surface area contributed by atoms with Gasteiger partial charge in [-0.3, -0.25) is 0 Å². The van der Waals surface area contributed by atoms with Gasteiger partial charge in [0.05, 0.1) is 0 Å². The van der Waals surface area contributed by atoms with Gasteiger partial charge in [0.25, 0.3) is 0 Å². The Morgan fingerprint density at radius 2 is 2.18 bits per heavy atom. The maximum atomic E-state index is 11.9. The molecule has 2 aliphatic heterocycles. The van der Waals surface area contributed by atoms with Gasteiger partial charge in [-0.15, -0.1) is 0 Å². The SMILES string of the molecule is CC(C)(C)C1=CCN2C=C(C(=O)O)S(=O)C2=N1. The highest BCUT2D eigenvalue weighted by Gasteiger charge is 2.35. The molecule has 0 fully saturated rings. The minimum absolute atomic E-state index is 0.104. The van der Waals surface area contributed by atoms with Crippen molar-refractivity contribution >= 4 is 21.9 Å². The topological polar surface area (TPSA) is 70.0 Å². The fraction of sp³-hybridized carbons (Fsp3) is 0.455. The molecular formula is C11H14N2O3S. The van der Waals surface area contributed by atoms with E-state index in [-0.39, 0.29) is 10.3 Å². The summed E-state index contributed by atoms with van der Waals surface area (Å²) in [6.45, 7) is 6.57. The van der Waals surface area contributed by atoms with Gasteiger partial charge in [-0.25, -0.2) is 14.0 Å². The molecular weight excluding hydrogens is 240 g/mol. The van der Waals surface area contributed by atoms with E-state index in [1.165, 1.54) is 6.20 Å². The molecule has 0 bridgehead atoms. The molecule has 1 unspecified atom stereocenters. The molecule has 1 N–H and O–H groups in total. The largest absolute Gasteiger partial charge is 0.477 e. The van der Waals surface area contributed by atoms with Gasteiger partial charge in [0.1, 0.15) is 15.7 Å². The fourth-order valence-corrected chi connectivity index (χ4v) is 2.73. The zero-order chi connectivity index (χ0) is 12.8. The molecule has 0 aliphatic carbocycles. The van der Waals surface area contributed by atoms with Crippen molar-refractivity contribution in [2.24, 2.45) is 10.4 Å². The second-order valence-corrected chi connectivity index (χ2v) is 6.30. The van der Waals surface area contributed by atoms with E-state index >= 15 is 0 Å². The number of hydrogen-bond donors (Lipinski definition) is 1. The molecule has 0 spiro atoms. The van der Waals surface area contributed by atoms with Crippen LogP contribution in [0.15, 0.2) is 27.9 Å². The second-order valence-electron chi connectivity index (χ2n) is 4.95. The molecule has 0 aromatic rings. The van der Waals surface area contributed by atoms with Crippen LogP contribution in [0.25, 0.3) is 0 Å². The van der Waals surface area contributed by atoms with E-state index in [0.29, 0.717) is 11.7 Å². The van der Waals surface area contributed by atoms with E-state index in [2.05, 4.69) is 4.99 Å². The highest BCUT2D eigenvalue weighted by molar-refractivity contribution is 8.05. The second kappa shape index (κ2) is 3.80. The Morgan fingerprint density at radius 3 is 2.71 bits per heavy atom. The molecule has 1 atom stereocenters. The van der Waals surface area contributed by atoms with Crippen LogP contribution >= 0.6 is 0 Å². The summed E-state index contributed by atoms with van der Waals surface area (Å²) < 4.78 is 11.9. The first-order chi connectivity index (χ1) is 7.80. The molecule has 92 valence electrons. The van der Waals surface area contributed by atoms with Gasteiger partial charge in [0, 0.05) is 23.9 Å². The van der Waals surface area contributed by atoms with Crippen molar-refractivity contribution in [3.05, 3.63) is 22.9 Å². The lowest BCUT2D eigenvalue weighted by Gasteiger charge is -2.26. The summed E-state index contributed by atoms with van der Waals surface area (Å²) in [6.07, 6.45) is 3.33. The molecule has 0 saturated carbocycles. The molecule has 17 heavy (non-hydrogen) atoms. The van der Waals surface area contributed by atoms with Crippen molar-refractivity contribution in [1.82, 2.24) is 4.90 Å². The van der Waals surface area contributed by atoms with Crippen molar-refractivity contribution < 1.29 is 14.1 Å². The Labute approximate surface area is 102 Å². The maximum Gasteiger partial charge on any atom is 0.346 e. The number of carbonyl (C=O) groups is 1. The van der Waals surface area contributed by atoms with Crippen molar-refractivity contribution in [3.63, 3.8) is 0 Å². The third-order valence-electron chi connectivity index (χ3n) is 2.56. The van der Waals surface area contributed by atoms with Gasteiger partial charge in [-0.1, -0.05) is 20.8 Å². The minimum atomic E-state index is -1.67. The predicted octanol–water partition coefficient (Wildman–Crippen LogP) is 1.28. The van der Waals surface area contributed by atoms with Crippen LogP contribution in [-0.2, 0) is 15.6 Å². The van der Waals surface area contributed by atoms with E-state index in [9.17, 15) is 9.00 Å². The number of allylic oxidation sites excluding steroid dienone is 1. The zero-order valence-corrected chi connectivity index (χ0v) is 10.7. The predicted molar refractivity (Wildman–Crippen MR) is 65.5 cm³/mol. The highest BCUT2D eigenvalue weighted by Crippen LogP contribution is 2.31. The van der Waals surface area contributed by atoms with Crippen LogP contribution in [0.3, 0.4) is 0 Å². The summed E-state index contributed by atoms with van der Waals surface area (Å²) in [5, 5.41) is 9.22. The quantitative estimate of drug-likeness (QED) is 0.765.